The van der Waals surface area contributed by atoms with E-state index < -0.39 is 0 Å². The lowest BCUT2D eigenvalue weighted by Gasteiger charge is -2.26. The van der Waals surface area contributed by atoms with Gasteiger partial charge >= 0.3 is 0 Å². The van der Waals surface area contributed by atoms with Gasteiger partial charge in [-0.1, -0.05) is 18.2 Å². The van der Waals surface area contributed by atoms with Crippen molar-refractivity contribution < 1.29 is 14.3 Å². The van der Waals surface area contributed by atoms with Gasteiger partial charge in [-0.2, -0.15) is 0 Å². The van der Waals surface area contributed by atoms with E-state index in [-0.39, 0.29) is 18.4 Å². The number of carbonyl (C=O) groups is 2. The third-order valence-corrected chi connectivity index (χ3v) is 3.34. The first-order valence-electron chi connectivity index (χ1n) is 6.55. The number of rotatable bonds is 2. The first-order chi connectivity index (χ1) is 10.1. The molecular weight excluding hydrogens is 268 g/mol. The molecule has 0 bridgehead atoms. The smallest absolute Gasteiger partial charge is 0.264 e. The van der Waals surface area contributed by atoms with Crippen LogP contribution in [0.4, 0.5) is 11.4 Å². The van der Waals surface area contributed by atoms with Crippen molar-refractivity contribution in [3.63, 3.8) is 0 Å². The molecule has 0 saturated carbocycles. The molecule has 5 nitrogen and oxygen atoms in total. The molecule has 3 rings (SSSR count). The molecule has 0 saturated heterocycles. The van der Waals surface area contributed by atoms with Crippen LogP contribution < -0.4 is 15.0 Å². The zero-order valence-corrected chi connectivity index (χ0v) is 11.5. The molecule has 1 aliphatic rings. The van der Waals surface area contributed by atoms with Crippen molar-refractivity contribution in [1.29, 1.82) is 0 Å². The molecule has 21 heavy (non-hydrogen) atoms. The highest BCUT2D eigenvalue weighted by Crippen LogP contribution is 2.33. The standard InChI is InChI=1S/C16H14N2O3/c1-18-13-8-7-12(9-14(13)21-10-15(18)19)17-16(20)11-5-3-2-4-6-11/h2-9H,10H2,1H3,(H,17,20). The van der Waals surface area contributed by atoms with Crippen LogP contribution in [0, 0.1) is 0 Å². The van der Waals surface area contributed by atoms with Crippen molar-refractivity contribution in [2.45, 2.75) is 0 Å². The van der Waals surface area contributed by atoms with E-state index in [1.165, 1.54) is 0 Å². The van der Waals surface area contributed by atoms with Gasteiger partial charge in [0, 0.05) is 24.4 Å². The van der Waals surface area contributed by atoms with Crippen molar-refractivity contribution >= 4 is 23.2 Å². The number of nitrogens with zero attached hydrogens (tertiary/aromatic N) is 1. The Morgan fingerprint density at radius 2 is 1.95 bits per heavy atom. The van der Waals surface area contributed by atoms with Crippen LogP contribution in [0.5, 0.6) is 5.75 Å². The zero-order valence-electron chi connectivity index (χ0n) is 11.5. The molecule has 0 radical (unpaired) electrons. The fourth-order valence-corrected chi connectivity index (χ4v) is 2.15. The Morgan fingerprint density at radius 1 is 1.19 bits per heavy atom. The van der Waals surface area contributed by atoms with Gasteiger partial charge in [0.1, 0.15) is 5.75 Å². The van der Waals surface area contributed by atoms with Crippen molar-refractivity contribution in [2.75, 3.05) is 23.9 Å². The average molecular weight is 282 g/mol. The first kappa shape index (κ1) is 13.2. The molecule has 2 aromatic rings. The Morgan fingerprint density at radius 3 is 2.71 bits per heavy atom. The monoisotopic (exact) mass is 282 g/mol. The minimum Gasteiger partial charge on any atom is -0.481 e. The van der Waals surface area contributed by atoms with Gasteiger partial charge in [-0.05, 0) is 24.3 Å². The van der Waals surface area contributed by atoms with E-state index in [9.17, 15) is 9.59 Å². The Balaban J connectivity index is 1.82. The topological polar surface area (TPSA) is 58.6 Å². The summed E-state index contributed by atoms with van der Waals surface area (Å²) in [6.07, 6.45) is 0. The predicted octanol–water partition coefficient (Wildman–Crippen LogP) is 2.29. The highest BCUT2D eigenvalue weighted by atomic mass is 16.5. The number of anilines is 2. The van der Waals surface area contributed by atoms with Crippen LogP contribution in [0.1, 0.15) is 10.4 Å². The van der Waals surface area contributed by atoms with E-state index >= 15 is 0 Å². The van der Waals surface area contributed by atoms with Gasteiger partial charge in [0.15, 0.2) is 6.61 Å². The minimum absolute atomic E-state index is 0.0135. The third-order valence-electron chi connectivity index (χ3n) is 3.34. The molecular formula is C16H14N2O3. The molecule has 1 N–H and O–H groups in total. The third kappa shape index (κ3) is 2.58. The lowest BCUT2D eigenvalue weighted by atomic mass is 10.2. The maximum absolute atomic E-state index is 12.1. The normalized spacial score (nSPS) is 13.4. The maximum Gasteiger partial charge on any atom is 0.264 e. The maximum atomic E-state index is 12.1. The number of carbonyl (C=O) groups excluding carboxylic acids is 2. The van der Waals surface area contributed by atoms with Crippen LogP contribution in [0.2, 0.25) is 0 Å². The molecule has 0 aliphatic carbocycles. The predicted molar refractivity (Wildman–Crippen MR) is 79.7 cm³/mol. The van der Waals surface area contributed by atoms with Crippen molar-refractivity contribution in [3.8, 4) is 5.75 Å². The van der Waals surface area contributed by atoms with Crippen LogP contribution in [-0.2, 0) is 4.79 Å². The van der Waals surface area contributed by atoms with E-state index in [0.29, 0.717) is 22.7 Å². The Bertz CT molecular complexity index is 698. The fourth-order valence-electron chi connectivity index (χ4n) is 2.15. The quantitative estimate of drug-likeness (QED) is 0.919. The fraction of sp³-hybridized carbons (Fsp3) is 0.125. The van der Waals surface area contributed by atoms with Crippen LogP contribution in [0.25, 0.3) is 0 Å². The van der Waals surface area contributed by atoms with E-state index in [1.807, 2.05) is 18.2 Å². The van der Waals surface area contributed by atoms with Gasteiger partial charge in [0.25, 0.3) is 11.8 Å². The number of amides is 2. The molecule has 0 aromatic heterocycles. The molecule has 0 fully saturated rings. The van der Waals surface area contributed by atoms with Gasteiger partial charge < -0.3 is 15.0 Å². The largest absolute Gasteiger partial charge is 0.481 e. The lowest BCUT2D eigenvalue weighted by molar-refractivity contribution is -0.120. The summed E-state index contributed by atoms with van der Waals surface area (Å²) in [6, 6.07) is 14.2. The highest BCUT2D eigenvalue weighted by Gasteiger charge is 2.22. The van der Waals surface area contributed by atoms with Gasteiger partial charge in [0.2, 0.25) is 0 Å². The Hall–Kier alpha value is -2.82. The molecule has 1 heterocycles. The molecule has 106 valence electrons. The van der Waals surface area contributed by atoms with Crippen LogP contribution >= 0.6 is 0 Å². The number of hydrogen-bond donors (Lipinski definition) is 1. The number of fused-ring (bicyclic) bond motifs is 1. The molecule has 5 heteroatoms. The SMILES string of the molecule is CN1C(=O)COc2cc(NC(=O)c3ccccc3)ccc21. The summed E-state index contributed by atoms with van der Waals surface area (Å²) < 4.78 is 5.39. The molecule has 0 unspecified atom stereocenters. The van der Waals surface area contributed by atoms with Gasteiger partial charge in [-0.3, -0.25) is 9.59 Å². The second-order valence-electron chi connectivity index (χ2n) is 4.74. The number of likely N-dealkylation sites (N-methyl/N-ethyl adjacent to an activating group) is 1. The first-order valence-corrected chi connectivity index (χ1v) is 6.55. The van der Waals surface area contributed by atoms with Gasteiger partial charge in [0.05, 0.1) is 5.69 Å². The molecule has 2 aromatic carbocycles. The number of ether oxygens (including phenoxy) is 1. The number of hydrogen-bond acceptors (Lipinski definition) is 3. The van der Waals surface area contributed by atoms with Crippen molar-refractivity contribution in [1.82, 2.24) is 0 Å². The van der Waals surface area contributed by atoms with Gasteiger partial charge in [-0.15, -0.1) is 0 Å². The summed E-state index contributed by atoms with van der Waals surface area (Å²) in [5.41, 5.74) is 1.91. The van der Waals surface area contributed by atoms with Crippen LogP contribution in [-0.4, -0.2) is 25.5 Å². The summed E-state index contributed by atoms with van der Waals surface area (Å²) in [6.45, 7) is 0.0135. The van der Waals surface area contributed by atoms with E-state index in [0.717, 1.165) is 0 Å². The Kier molecular flexibility index (Phi) is 3.31. The van der Waals surface area contributed by atoms with E-state index in [4.69, 9.17) is 4.74 Å². The van der Waals surface area contributed by atoms with E-state index in [2.05, 4.69) is 5.32 Å². The van der Waals surface area contributed by atoms with E-state index in [1.54, 1.807) is 42.3 Å². The molecule has 0 spiro atoms. The minimum atomic E-state index is -0.184. The average Bonchev–Trinajstić information content (AvgIpc) is 2.52. The van der Waals surface area contributed by atoms with Crippen molar-refractivity contribution in [2.24, 2.45) is 0 Å². The second-order valence-corrected chi connectivity index (χ2v) is 4.74. The Labute approximate surface area is 122 Å². The van der Waals surface area contributed by atoms with Crippen LogP contribution in [0.15, 0.2) is 48.5 Å². The zero-order chi connectivity index (χ0) is 14.8. The molecule has 2 amide bonds. The lowest BCUT2D eigenvalue weighted by Crippen LogP contribution is -2.35. The molecule has 1 aliphatic heterocycles. The summed E-state index contributed by atoms with van der Waals surface area (Å²) in [5.74, 6) is 0.308. The second kappa shape index (κ2) is 5.28. The molecule has 0 atom stereocenters. The van der Waals surface area contributed by atoms with Crippen molar-refractivity contribution in [3.05, 3.63) is 54.1 Å². The summed E-state index contributed by atoms with van der Waals surface area (Å²) in [7, 11) is 1.70. The summed E-state index contributed by atoms with van der Waals surface area (Å²) in [4.78, 5) is 25.2. The summed E-state index contributed by atoms with van der Waals surface area (Å²) >= 11 is 0. The van der Waals surface area contributed by atoms with Crippen LogP contribution in [0.3, 0.4) is 0 Å². The van der Waals surface area contributed by atoms with Gasteiger partial charge in [-0.25, -0.2) is 0 Å². The number of benzene rings is 2. The highest BCUT2D eigenvalue weighted by molar-refractivity contribution is 6.05. The summed E-state index contributed by atoms with van der Waals surface area (Å²) in [5, 5.41) is 2.81. The number of nitrogens with one attached hydrogen (secondary N) is 1.